The van der Waals surface area contributed by atoms with Crippen molar-refractivity contribution in [1.82, 2.24) is 34.7 Å². The quantitative estimate of drug-likeness (QED) is 0.103. The number of carbonyl (C=O) groups is 2. The van der Waals surface area contributed by atoms with E-state index in [4.69, 9.17) is 11.3 Å². The summed E-state index contributed by atoms with van der Waals surface area (Å²) in [6.45, 7) is 10.5. The van der Waals surface area contributed by atoms with Crippen molar-refractivity contribution < 1.29 is 14.3 Å². The number of anilines is 4. The molecule has 1 aliphatic heterocycles. The number of piperazine rings is 1. The zero-order chi connectivity index (χ0) is 36.3. The van der Waals surface area contributed by atoms with Crippen molar-refractivity contribution >= 4 is 41.1 Å². The van der Waals surface area contributed by atoms with Gasteiger partial charge in [0.25, 0.3) is 11.5 Å². The van der Waals surface area contributed by atoms with Crippen LogP contribution < -0.4 is 21.5 Å². The maximum Gasteiger partial charge on any atom is 0.328 e. The Hall–Kier alpha value is -6.66. The molecule has 6 rings (SSSR count). The van der Waals surface area contributed by atoms with Crippen LogP contribution in [0.2, 0.25) is 0 Å². The molecule has 15 nitrogen and oxygen atoms in total. The molecule has 0 aliphatic carbocycles. The smallest absolute Gasteiger partial charge is 0.328 e. The Morgan fingerprint density at radius 1 is 0.904 bits per heavy atom. The predicted octanol–water partition coefficient (Wildman–Crippen LogP) is 4.02. The number of aromatic amines is 1. The number of amides is 1. The molecule has 1 aliphatic rings. The van der Waals surface area contributed by atoms with E-state index in [1.807, 2.05) is 54.6 Å². The fourth-order valence-electron chi connectivity index (χ4n) is 5.68. The summed E-state index contributed by atoms with van der Waals surface area (Å²) >= 11 is 0. The minimum atomic E-state index is -0.815. The topological polar surface area (TPSA) is 175 Å². The van der Waals surface area contributed by atoms with Gasteiger partial charge in [-0.1, -0.05) is 66.7 Å². The van der Waals surface area contributed by atoms with Crippen LogP contribution in [-0.2, 0) is 29.0 Å². The largest absolute Gasteiger partial charge is 0.467 e. The van der Waals surface area contributed by atoms with E-state index in [9.17, 15) is 14.4 Å². The number of nitrogens with zero attached hydrogens (tertiary/aromatic N) is 7. The van der Waals surface area contributed by atoms with Crippen molar-refractivity contribution in [3.63, 3.8) is 0 Å². The molecule has 0 spiro atoms. The SMILES string of the molecule is [C-]#[N+]c1ccc(C[C@H](Nc2nc(NCc3ccccc3)nc(Nc3cccc(CN4CCN(C(=O)c5ncc[nH]c5=O)CC4)c3)n2)C(=O)OC)cc1. The predicted molar refractivity (Wildman–Crippen MR) is 195 cm³/mol. The van der Waals surface area contributed by atoms with Gasteiger partial charge < -0.3 is 30.6 Å². The molecule has 3 heterocycles. The number of H-pyrrole nitrogens is 1. The number of nitrogens with one attached hydrogen (secondary N) is 4. The fraction of sp³-hybridized carbons (Fsp3) is 0.243. The van der Waals surface area contributed by atoms with Gasteiger partial charge in [0.05, 0.1) is 13.7 Å². The van der Waals surface area contributed by atoms with Gasteiger partial charge >= 0.3 is 5.97 Å². The molecule has 0 unspecified atom stereocenters. The summed E-state index contributed by atoms with van der Waals surface area (Å²) in [5.41, 5.74) is 3.56. The highest BCUT2D eigenvalue weighted by Crippen LogP contribution is 2.21. The molecule has 0 bridgehead atoms. The molecule has 3 aromatic carbocycles. The third-order valence-electron chi connectivity index (χ3n) is 8.38. The van der Waals surface area contributed by atoms with Gasteiger partial charge in [0.1, 0.15) is 6.04 Å². The number of hydrogen-bond acceptors (Lipinski definition) is 12. The van der Waals surface area contributed by atoms with Gasteiger partial charge in [0.15, 0.2) is 11.4 Å². The molecule has 15 heteroatoms. The summed E-state index contributed by atoms with van der Waals surface area (Å²) in [6.07, 6.45) is 3.08. The van der Waals surface area contributed by atoms with Crippen LogP contribution in [0.5, 0.6) is 0 Å². The number of esters is 1. The summed E-state index contributed by atoms with van der Waals surface area (Å²) in [7, 11) is 1.32. The minimum Gasteiger partial charge on any atom is -0.467 e. The minimum absolute atomic E-state index is 0.0992. The number of methoxy groups -OCH3 is 1. The summed E-state index contributed by atoms with van der Waals surface area (Å²) < 4.78 is 5.09. The van der Waals surface area contributed by atoms with Gasteiger partial charge in [-0.15, -0.1) is 0 Å². The molecule has 5 aromatic rings. The molecule has 0 radical (unpaired) electrons. The monoisotopic (exact) mass is 699 g/mol. The molecular formula is C37H37N11O4. The van der Waals surface area contributed by atoms with Gasteiger partial charge in [-0.3, -0.25) is 14.5 Å². The van der Waals surface area contributed by atoms with E-state index in [0.717, 1.165) is 22.4 Å². The first-order valence-corrected chi connectivity index (χ1v) is 16.6. The van der Waals surface area contributed by atoms with Gasteiger partial charge in [0, 0.05) is 63.8 Å². The fourth-order valence-corrected chi connectivity index (χ4v) is 5.68. The first-order valence-electron chi connectivity index (χ1n) is 16.6. The van der Waals surface area contributed by atoms with Crippen LogP contribution in [-0.4, -0.2) is 85.9 Å². The Kier molecular flexibility index (Phi) is 11.4. The summed E-state index contributed by atoms with van der Waals surface area (Å²) in [5, 5.41) is 9.67. The molecule has 1 atom stereocenters. The van der Waals surface area contributed by atoms with Crippen LogP contribution >= 0.6 is 0 Å². The number of hydrogen-bond donors (Lipinski definition) is 4. The van der Waals surface area contributed by atoms with Gasteiger partial charge in [0.2, 0.25) is 17.8 Å². The molecule has 1 saturated heterocycles. The zero-order valence-electron chi connectivity index (χ0n) is 28.5. The van der Waals surface area contributed by atoms with E-state index in [1.165, 1.54) is 19.5 Å². The van der Waals surface area contributed by atoms with Crippen molar-refractivity contribution in [3.05, 3.63) is 135 Å². The van der Waals surface area contributed by atoms with Crippen LogP contribution in [0.4, 0.5) is 29.2 Å². The van der Waals surface area contributed by atoms with Crippen LogP contribution in [0.1, 0.15) is 27.2 Å². The summed E-state index contributed by atoms with van der Waals surface area (Å²) in [6, 6.07) is 23.9. The third-order valence-corrected chi connectivity index (χ3v) is 8.38. The number of benzene rings is 3. The highest BCUT2D eigenvalue weighted by atomic mass is 16.5. The maximum atomic E-state index is 12.9. The Balaban J connectivity index is 1.16. The number of aromatic nitrogens is 5. The first kappa shape index (κ1) is 35.2. The third kappa shape index (κ3) is 9.31. The van der Waals surface area contributed by atoms with Crippen molar-refractivity contribution in [2.24, 2.45) is 0 Å². The van der Waals surface area contributed by atoms with Crippen molar-refractivity contribution in [1.29, 1.82) is 0 Å². The Bertz CT molecular complexity index is 2090. The lowest BCUT2D eigenvalue weighted by molar-refractivity contribution is -0.141. The molecule has 0 saturated carbocycles. The number of rotatable bonds is 13. The highest BCUT2D eigenvalue weighted by molar-refractivity contribution is 5.92. The lowest BCUT2D eigenvalue weighted by Crippen LogP contribution is -2.49. The van der Waals surface area contributed by atoms with E-state index in [1.54, 1.807) is 29.2 Å². The summed E-state index contributed by atoms with van der Waals surface area (Å²) in [5.74, 6) is -0.148. The molecule has 4 N–H and O–H groups in total. The van der Waals surface area contributed by atoms with Crippen LogP contribution in [0.25, 0.3) is 4.85 Å². The van der Waals surface area contributed by atoms with E-state index in [2.05, 4.69) is 50.6 Å². The molecule has 1 amide bonds. The van der Waals surface area contributed by atoms with Gasteiger partial charge in [-0.05, 0) is 28.8 Å². The second kappa shape index (κ2) is 16.8. The number of ether oxygens (including phenoxy) is 1. The van der Waals surface area contributed by atoms with Crippen molar-refractivity contribution in [3.8, 4) is 0 Å². The van der Waals surface area contributed by atoms with Crippen molar-refractivity contribution in [2.45, 2.75) is 25.6 Å². The van der Waals surface area contributed by atoms with Crippen LogP contribution in [0.3, 0.4) is 0 Å². The second-order valence-electron chi connectivity index (χ2n) is 12.0. The van der Waals surface area contributed by atoms with E-state index >= 15 is 0 Å². The lowest BCUT2D eigenvalue weighted by atomic mass is 10.1. The Morgan fingerprint density at radius 3 is 2.37 bits per heavy atom. The second-order valence-corrected chi connectivity index (χ2v) is 12.0. The molecule has 1 fully saturated rings. The number of carbonyl (C=O) groups excluding carboxylic acids is 2. The van der Waals surface area contributed by atoms with E-state index in [-0.39, 0.29) is 29.9 Å². The van der Waals surface area contributed by atoms with E-state index in [0.29, 0.717) is 50.9 Å². The maximum absolute atomic E-state index is 12.9. The molecular weight excluding hydrogens is 662 g/mol. The van der Waals surface area contributed by atoms with Crippen LogP contribution in [0.15, 0.2) is 96.1 Å². The first-order chi connectivity index (χ1) is 25.4. The Labute approximate surface area is 300 Å². The molecule has 2 aromatic heterocycles. The summed E-state index contributed by atoms with van der Waals surface area (Å²) in [4.78, 5) is 65.3. The average molecular weight is 700 g/mol. The van der Waals surface area contributed by atoms with Crippen LogP contribution in [0, 0.1) is 6.57 Å². The van der Waals surface area contributed by atoms with Gasteiger partial charge in [-0.25, -0.2) is 14.6 Å². The van der Waals surface area contributed by atoms with Gasteiger partial charge in [-0.2, -0.15) is 15.0 Å². The standard InChI is InChI=1S/C37H37N11O4/c1-38-28-13-11-25(12-14-28)22-30(34(51)52-2)43-37-45-35(41-23-26-7-4-3-5-8-26)44-36(46-37)42-29-10-6-9-27(21-29)24-47-17-19-48(20-18-47)33(50)31-32(49)40-16-15-39-31/h3-16,21,30H,17-20,22-24H2,2H3,(H,40,49)(H3,41,42,43,44,45,46)/t30-/m0/s1. The average Bonchev–Trinajstić information content (AvgIpc) is 3.17. The van der Waals surface area contributed by atoms with E-state index < -0.39 is 17.6 Å². The highest BCUT2D eigenvalue weighted by Gasteiger charge is 2.25. The Morgan fingerprint density at radius 2 is 1.63 bits per heavy atom. The van der Waals surface area contributed by atoms with Crippen molar-refractivity contribution in [2.75, 3.05) is 49.2 Å². The lowest BCUT2D eigenvalue weighted by Gasteiger charge is -2.34. The molecule has 52 heavy (non-hydrogen) atoms. The molecule has 264 valence electrons. The normalized spacial score (nSPS) is 13.4. The zero-order valence-corrected chi connectivity index (χ0v) is 28.5.